The Bertz CT molecular complexity index is 1850. The van der Waals surface area contributed by atoms with Crippen LogP contribution in [0.3, 0.4) is 0 Å². The lowest BCUT2D eigenvalue weighted by molar-refractivity contribution is -0.552. The number of ketones is 1. The van der Waals surface area contributed by atoms with Crippen LogP contribution in [0.4, 0.5) is 30.7 Å². The lowest BCUT2D eigenvalue weighted by atomic mass is 9.96. The summed E-state index contributed by atoms with van der Waals surface area (Å²) in [6.07, 6.45) is -4.24. The summed E-state index contributed by atoms with van der Waals surface area (Å²) in [5, 5.41) is 30.6. The van der Waals surface area contributed by atoms with E-state index in [0.717, 1.165) is 17.1 Å². The van der Waals surface area contributed by atoms with E-state index >= 15 is 0 Å². The van der Waals surface area contributed by atoms with E-state index in [4.69, 9.17) is 19.8 Å². The Morgan fingerprint density at radius 1 is 1.08 bits per heavy atom. The van der Waals surface area contributed by atoms with Crippen LogP contribution in [0, 0.1) is 19.7 Å². The van der Waals surface area contributed by atoms with Crippen LogP contribution in [0.2, 0.25) is 0 Å². The van der Waals surface area contributed by atoms with Crippen LogP contribution >= 0.6 is 0 Å². The van der Waals surface area contributed by atoms with Gasteiger partial charge in [-0.05, 0) is 37.1 Å². The van der Waals surface area contributed by atoms with Gasteiger partial charge < -0.3 is 19.6 Å². The summed E-state index contributed by atoms with van der Waals surface area (Å²) in [7, 11) is 0. The number of aliphatic imine (C=N–C) groups is 1. The lowest BCUT2D eigenvalue weighted by Crippen LogP contribution is -2.38. The van der Waals surface area contributed by atoms with Crippen LogP contribution in [0.1, 0.15) is 45.0 Å². The van der Waals surface area contributed by atoms with Crippen molar-refractivity contribution in [1.82, 2.24) is 25.0 Å². The maximum Gasteiger partial charge on any atom is 0.490 e. The molecule has 256 valence electrons. The summed E-state index contributed by atoms with van der Waals surface area (Å²) < 4.78 is 82.2. The number of carboxylic acid groups (broad SMARTS) is 2. The average molecular weight is 688 g/mol. The van der Waals surface area contributed by atoms with Crippen molar-refractivity contribution in [2.75, 3.05) is 6.54 Å². The van der Waals surface area contributed by atoms with Crippen LogP contribution < -0.4 is 10.7 Å². The molecular weight excluding hydrogens is 663 g/mol. The van der Waals surface area contributed by atoms with E-state index < -0.39 is 35.9 Å². The van der Waals surface area contributed by atoms with E-state index in [2.05, 4.69) is 30.0 Å². The highest BCUT2D eigenvalue weighted by Gasteiger charge is 2.38. The van der Waals surface area contributed by atoms with E-state index in [1.165, 1.54) is 6.07 Å². The summed E-state index contributed by atoms with van der Waals surface area (Å²) >= 11 is 0. The van der Waals surface area contributed by atoms with Crippen molar-refractivity contribution in [2.45, 2.75) is 52.1 Å². The first kappa shape index (κ1) is 36.9. The van der Waals surface area contributed by atoms with Gasteiger partial charge in [0, 0.05) is 18.2 Å². The molecule has 4 heterocycles. The second-order valence-corrected chi connectivity index (χ2v) is 10.0. The lowest BCUT2D eigenvalue weighted by Gasteiger charge is -2.17. The smallest absolute Gasteiger partial charge is 0.490 e. The summed E-state index contributed by atoms with van der Waals surface area (Å²) in [5.41, 5.74) is 3.46. The number of nitrogens with one attached hydrogen (secondary N) is 1. The molecular formula is C28H24F7N7O6. The van der Waals surface area contributed by atoms with Gasteiger partial charge in [0.15, 0.2) is 18.1 Å². The summed E-state index contributed by atoms with van der Waals surface area (Å²) in [6, 6.07) is 4.46. The molecule has 0 saturated heterocycles. The standard InChI is InChI=1S/C24H22FN7O2.2C2HF3O2/c1-14-15(2)24(34)30-28-19(14)11-16-5-6-18(25)17(10-16)23(33)22-20(4-3-7-26-22)31-8-9-32-13-27-29-21(32)12-31;2*3-2(4,5)1(6)7/h3,5-7,10,13H,4,8-9,11-12H2,1-2H3;2*(H,6,7). The topological polar surface area (TPSA) is 186 Å². The first-order valence-corrected chi connectivity index (χ1v) is 13.5. The average Bonchev–Trinajstić information content (AvgIpc) is 3.50. The highest BCUT2D eigenvalue weighted by atomic mass is 19.4. The largest absolute Gasteiger partial charge is 0.542 e. The van der Waals surface area contributed by atoms with Crippen molar-refractivity contribution in [2.24, 2.45) is 4.99 Å². The molecule has 20 heteroatoms. The van der Waals surface area contributed by atoms with E-state index in [0.29, 0.717) is 49.3 Å². The number of aromatic nitrogens is 5. The van der Waals surface area contributed by atoms with Crippen LogP contribution in [0.5, 0.6) is 0 Å². The maximum atomic E-state index is 14.8. The number of fused-ring (bicyclic) bond motifs is 1. The number of hydrogen-bond acceptors (Lipinski definition) is 9. The first-order valence-electron chi connectivity index (χ1n) is 13.5. The number of carbonyl (C=O) groups excluding carboxylic acids is 2. The fraction of sp³-hybridized carbons (Fsp3) is 0.321. The number of allylic oxidation sites excluding steroid dienone is 1. The number of H-pyrrole nitrogens is 1. The molecule has 0 unspecified atom stereocenters. The van der Waals surface area contributed by atoms with Crippen LogP contribution in [-0.2, 0) is 29.1 Å². The number of Topliss-reactive ketones (excluding diaryl/α,β-unsaturated/α-hetero) is 1. The minimum Gasteiger partial charge on any atom is -0.542 e. The Balaban J connectivity index is 0.000000376. The van der Waals surface area contributed by atoms with Crippen LogP contribution in [0.25, 0.3) is 0 Å². The Hall–Kier alpha value is -5.56. The van der Waals surface area contributed by atoms with Crippen molar-refractivity contribution in [3.63, 3.8) is 0 Å². The number of aliphatic carboxylic acids is 2. The number of hydrogen-bond donors (Lipinski definition) is 2. The molecule has 2 aromatic heterocycles. The predicted octanol–water partition coefficient (Wildman–Crippen LogP) is 1.85. The van der Waals surface area contributed by atoms with Crippen molar-refractivity contribution in [1.29, 1.82) is 0 Å². The Morgan fingerprint density at radius 2 is 1.73 bits per heavy atom. The molecule has 0 aliphatic carbocycles. The number of alkyl halides is 6. The zero-order valence-electron chi connectivity index (χ0n) is 24.8. The quantitative estimate of drug-likeness (QED) is 0.235. The Morgan fingerprint density at radius 3 is 2.33 bits per heavy atom. The van der Waals surface area contributed by atoms with E-state index in [1.807, 2.05) is 17.6 Å². The zero-order valence-corrected chi connectivity index (χ0v) is 24.8. The monoisotopic (exact) mass is 687 g/mol. The highest BCUT2D eigenvalue weighted by molar-refractivity contribution is 6.69. The van der Waals surface area contributed by atoms with Crippen molar-refractivity contribution in [3.05, 3.63) is 86.7 Å². The molecule has 0 atom stereocenters. The molecule has 0 fully saturated rings. The van der Waals surface area contributed by atoms with Crippen molar-refractivity contribution in [3.8, 4) is 0 Å². The highest BCUT2D eigenvalue weighted by Crippen LogP contribution is 2.19. The molecule has 2 aliphatic rings. The molecule has 5 rings (SSSR count). The summed E-state index contributed by atoms with van der Waals surface area (Å²) in [6.45, 7) is 5.44. The molecule has 48 heavy (non-hydrogen) atoms. The SMILES string of the molecule is Cc1c(Cc2ccc(F)c(C(=O)C3=NC=CCC3=[N+]3CCn4cnnc4C3)c2)n[nH]c(=O)c1C.O=C(O)C(F)(F)F.O=C([O-])C(F)(F)F. The second kappa shape index (κ2) is 14.9. The number of halogens is 7. The van der Waals surface area contributed by atoms with Crippen LogP contribution in [-0.4, -0.2) is 82.7 Å². The van der Waals surface area contributed by atoms with E-state index in [-0.39, 0.29) is 16.8 Å². The first-order chi connectivity index (χ1) is 22.3. The maximum absolute atomic E-state index is 14.8. The molecule has 2 N–H and O–H groups in total. The van der Waals surface area contributed by atoms with Gasteiger partial charge in [0.25, 0.3) is 5.56 Å². The van der Waals surface area contributed by atoms with Gasteiger partial charge in [0.05, 0.1) is 24.2 Å². The molecule has 1 aromatic carbocycles. The summed E-state index contributed by atoms with van der Waals surface area (Å²) in [5.74, 6) is -6.02. The number of rotatable bonds is 4. The third-order valence-corrected chi connectivity index (χ3v) is 6.88. The zero-order chi connectivity index (χ0) is 36.0. The Labute approximate surface area is 264 Å². The van der Waals surface area contributed by atoms with Crippen molar-refractivity contribution < 1.29 is 59.9 Å². The van der Waals surface area contributed by atoms with Gasteiger partial charge in [0.1, 0.15) is 18.1 Å². The fourth-order valence-electron chi connectivity index (χ4n) is 4.25. The molecule has 3 aromatic rings. The van der Waals surface area contributed by atoms with Crippen LogP contribution in [0.15, 0.2) is 46.6 Å². The molecule has 13 nitrogen and oxygen atoms in total. The molecule has 0 amide bonds. The van der Waals surface area contributed by atoms with Gasteiger partial charge in [-0.2, -0.15) is 31.4 Å². The normalized spacial score (nSPS) is 15.6. The van der Waals surface area contributed by atoms with Gasteiger partial charge in [-0.15, -0.1) is 10.2 Å². The van der Waals surface area contributed by atoms with E-state index in [9.17, 15) is 40.3 Å². The molecule has 0 bridgehead atoms. The number of nitrogens with zero attached hydrogens (tertiary/aromatic N) is 6. The molecule has 0 saturated carbocycles. The fourth-order valence-corrected chi connectivity index (χ4v) is 4.25. The van der Waals surface area contributed by atoms with Gasteiger partial charge in [-0.3, -0.25) is 9.59 Å². The number of carbonyl (C=O) groups is 3. The second-order valence-electron chi connectivity index (χ2n) is 10.0. The van der Waals surface area contributed by atoms with Crippen molar-refractivity contribution >= 4 is 29.1 Å². The third kappa shape index (κ3) is 9.26. The number of benzene rings is 1. The minimum atomic E-state index is -5.19. The van der Waals surface area contributed by atoms with Gasteiger partial charge in [-0.1, -0.05) is 12.1 Å². The molecule has 0 spiro atoms. The van der Waals surface area contributed by atoms with Gasteiger partial charge in [-0.25, -0.2) is 23.9 Å². The van der Waals surface area contributed by atoms with Gasteiger partial charge in [0.2, 0.25) is 18.0 Å². The molecule has 0 radical (unpaired) electrons. The van der Waals surface area contributed by atoms with Gasteiger partial charge >= 0.3 is 18.3 Å². The molecule has 2 aliphatic heterocycles. The number of aromatic amines is 1. The summed E-state index contributed by atoms with van der Waals surface area (Å²) in [4.78, 5) is 47.3. The Kier molecular flexibility index (Phi) is 11.5. The van der Waals surface area contributed by atoms with E-state index in [1.54, 1.807) is 31.6 Å². The third-order valence-electron chi connectivity index (χ3n) is 6.88. The minimum absolute atomic E-state index is 0.0389. The number of carboxylic acids is 2. The predicted molar refractivity (Wildman–Crippen MR) is 148 cm³/mol.